The third kappa shape index (κ3) is 3.45. The molecule has 0 saturated carbocycles. The van der Waals surface area contributed by atoms with Gasteiger partial charge in [-0.2, -0.15) is 9.78 Å². The van der Waals surface area contributed by atoms with Crippen LogP contribution in [0.25, 0.3) is 27.8 Å². The smallest absolute Gasteiger partial charge is 0.294 e. The Labute approximate surface area is 181 Å². The Hall–Kier alpha value is -4.86. The van der Waals surface area contributed by atoms with E-state index in [0.717, 1.165) is 16.3 Å². The van der Waals surface area contributed by atoms with Crippen LogP contribution in [0.15, 0.2) is 82.5 Å². The molecule has 0 aliphatic heterocycles. The molecule has 0 bridgehead atoms. The maximum absolute atomic E-state index is 12.9. The fourth-order valence-electron chi connectivity index (χ4n) is 3.35. The Balaban J connectivity index is 1.48. The van der Waals surface area contributed by atoms with Crippen LogP contribution in [0.3, 0.4) is 0 Å². The van der Waals surface area contributed by atoms with Crippen LogP contribution < -0.4 is 11.2 Å². The zero-order valence-corrected chi connectivity index (χ0v) is 16.6. The van der Waals surface area contributed by atoms with Crippen molar-refractivity contribution in [2.75, 3.05) is 5.73 Å². The Morgan fingerprint density at radius 1 is 1.00 bits per heavy atom. The molecule has 3 aromatic carbocycles. The number of benzene rings is 3. The third-order valence-electron chi connectivity index (χ3n) is 4.82. The minimum Gasteiger partial charge on any atom is -0.378 e. The van der Waals surface area contributed by atoms with Crippen molar-refractivity contribution >= 4 is 28.7 Å². The van der Waals surface area contributed by atoms with Crippen LogP contribution in [0.1, 0.15) is 16.1 Å². The van der Waals surface area contributed by atoms with Crippen molar-refractivity contribution in [1.29, 1.82) is 0 Å². The van der Waals surface area contributed by atoms with Gasteiger partial charge in [0.1, 0.15) is 5.69 Å². The third-order valence-corrected chi connectivity index (χ3v) is 4.82. The van der Waals surface area contributed by atoms with Crippen LogP contribution in [0.4, 0.5) is 5.82 Å². The lowest BCUT2D eigenvalue weighted by molar-refractivity contribution is 0.0950. The van der Waals surface area contributed by atoms with E-state index in [4.69, 9.17) is 5.73 Å². The monoisotopic (exact) mass is 424 g/mol. The summed E-state index contributed by atoms with van der Waals surface area (Å²) in [6.45, 7) is 0. The normalized spacial score (nSPS) is 11.2. The topological polar surface area (TPSA) is 137 Å². The lowest BCUT2D eigenvalue weighted by Crippen LogP contribution is -2.19. The van der Waals surface area contributed by atoms with Gasteiger partial charge in [0.05, 0.1) is 6.21 Å². The molecule has 0 unspecified atom stereocenters. The number of hydrogen-bond acceptors (Lipinski definition) is 8. The van der Waals surface area contributed by atoms with Gasteiger partial charge in [-0.15, -0.1) is 5.10 Å². The van der Waals surface area contributed by atoms with E-state index in [9.17, 15) is 4.79 Å². The van der Waals surface area contributed by atoms with E-state index in [2.05, 4.69) is 35.8 Å². The second-order valence-electron chi connectivity index (χ2n) is 6.81. The zero-order valence-electron chi connectivity index (χ0n) is 16.6. The number of nitrogens with two attached hydrogens (primary N) is 1. The number of carbonyl (C=O) groups excluding carboxylic acids is 1. The summed E-state index contributed by atoms with van der Waals surface area (Å²) in [6, 6.07) is 22.9. The van der Waals surface area contributed by atoms with Crippen LogP contribution in [0, 0.1) is 0 Å². The van der Waals surface area contributed by atoms with Gasteiger partial charge in [-0.05, 0) is 21.1 Å². The molecule has 0 aliphatic rings. The molecule has 2 heterocycles. The molecule has 32 heavy (non-hydrogen) atoms. The lowest BCUT2D eigenvalue weighted by atomic mass is 10.1. The summed E-state index contributed by atoms with van der Waals surface area (Å²) in [7, 11) is 0. The number of hydrogen-bond donors (Lipinski definition) is 2. The zero-order chi connectivity index (χ0) is 21.9. The average Bonchev–Trinajstić information content (AvgIpc) is 3.45. The van der Waals surface area contributed by atoms with E-state index < -0.39 is 5.91 Å². The number of rotatable bonds is 5. The number of aromatic nitrogens is 5. The van der Waals surface area contributed by atoms with Gasteiger partial charge >= 0.3 is 0 Å². The maximum Gasteiger partial charge on any atom is 0.294 e. The summed E-state index contributed by atoms with van der Waals surface area (Å²) in [5.41, 5.74) is 10.3. The van der Waals surface area contributed by atoms with Gasteiger partial charge in [-0.3, -0.25) is 4.79 Å². The van der Waals surface area contributed by atoms with Crippen LogP contribution in [0.5, 0.6) is 0 Å². The van der Waals surface area contributed by atoms with Gasteiger partial charge in [0.2, 0.25) is 11.6 Å². The SMILES string of the molecule is Nc1nonc1-n1nnc(C(=O)N/N=C/c2cccc3ccccc23)c1-c1ccccc1. The van der Waals surface area contributed by atoms with Crippen LogP contribution in [0.2, 0.25) is 0 Å². The lowest BCUT2D eigenvalue weighted by Gasteiger charge is -2.05. The van der Waals surface area contributed by atoms with Crippen molar-refractivity contribution < 1.29 is 9.42 Å². The van der Waals surface area contributed by atoms with E-state index in [1.54, 1.807) is 6.21 Å². The van der Waals surface area contributed by atoms with Gasteiger partial charge < -0.3 is 5.73 Å². The number of anilines is 1. The molecule has 1 amide bonds. The second kappa shape index (κ2) is 8.11. The van der Waals surface area contributed by atoms with Crippen LogP contribution in [-0.4, -0.2) is 37.4 Å². The number of nitrogen functional groups attached to an aromatic ring is 1. The van der Waals surface area contributed by atoms with Gasteiger partial charge in [0.15, 0.2) is 5.69 Å². The summed E-state index contributed by atoms with van der Waals surface area (Å²) in [4.78, 5) is 12.9. The molecule has 10 nitrogen and oxygen atoms in total. The van der Waals surface area contributed by atoms with E-state index in [0.29, 0.717) is 11.3 Å². The average molecular weight is 424 g/mol. The second-order valence-corrected chi connectivity index (χ2v) is 6.81. The molecular formula is C22H16N8O2. The molecule has 5 aromatic rings. The maximum atomic E-state index is 12.9. The quantitative estimate of drug-likeness (QED) is 0.327. The van der Waals surface area contributed by atoms with Gasteiger partial charge in [0, 0.05) is 11.1 Å². The minimum atomic E-state index is -0.540. The molecule has 3 N–H and O–H groups in total. The largest absolute Gasteiger partial charge is 0.378 e. The molecule has 0 saturated heterocycles. The summed E-state index contributed by atoms with van der Waals surface area (Å²) in [5.74, 6) is -0.385. The summed E-state index contributed by atoms with van der Waals surface area (Å²) in [5, 5.41) is 21.6. The molecule has 0 atom stereocenters. The first-order valence-corrected chi connectivity index (χ1v) is 9.63. The predicted molar refractivity (Wildman–Crippen MR) is 118 cm³/mol. The van der Waals surface area contributed by atoms with E-state index in [-0.39, 0.29) is 17.3 Å². The molecule has 2 aromatic heterocycles. The minimum absolute atomic E-state index is 0.0213. The highest BCUT2D eigenvalue weighted by Crippen LogP contribution is 2.26. The van der Waals surface area contributed by atoms with Crippen molar-refractivity contribution in [3.63, 3.8) is 0 Å². The van der Waals surface area contributed by atoms with Crippen LogP contribution >= 0.6 is 0 Å². The Morgan fingerprint density at radius 2 is 1.78 bits per heavy atom. The molecular weight excluding hydrogens is 408 g/mol. The summed E-state index contributed by atoms with van der Waals surface area (Å²) >= 11 is 0. The molecule has 156 valence electrons. The summed E-state index contributed by atoms with van der Waals surface area (Å²) < 4.78 is 5.98. The van der Waals surface area contributed by atoms with Gasteiger partial charge in [-0.25, -0.2) is 10.1 Å². The number of carbonyl (C=O) groups is 1. The summed E-state index contributed by atoms with van der Waals surface area (Å²) in [6.07, 6.45) is 1.59. The van der Waals surface area contributed by atoms with Crippen molar-refractivity contribution in [3.8, 4) is 17.1 Å². The first-order valence-electron chi connectivity index (χ1n) is 9.63. The van der Waals surface area contributed by atoms with Crippen LogP contribution in [-0.2, 0) is 0 Å². The number of amides is 1. The Morgan fingerprint density at radius 3 is 2.59 bits per heavy atom. The first-order chi connectivity index (χ1) is 15.7. The number of hydrazone groups is 1. The number of fused-ring (bicyclic) bond motifs is 1. The highest BCUT2D eigenvalue weighted by Gasteiger charge is 2.24. The highest BCUT2D eigenvalue weighted by molar-refractivity contribution is 6.01. The molecule has 0 radical (unpaired) electrons. The van der Waals surface area contributed by atoms with Gasteiger partial charge in [-0.1, -0.05) is 78.0 Å². The number of nitrogens with one attached hydrogen (secondary N) is 1. The Kier molecular flexibility index (Phi) is 4.85. The van der Waals surface area contributed by atoms with E-state index in [1.807, 2.05) is 72.8 Å². The predicted octanol–water partition coefficient (Wildman–Crippen LogP) is 2.82. The molecule has 0 fully saturated rings. The van der Waals surface area contributed by atoms with Crippen molar-refractivity contribution in [3.05, 3.63) is 84.1 Å². The van der Waals surface area contributed by atoms with Crippen molar-refractivity contribution in [2.24, 2.45) is 5.10 Å². The highest BCUT2D eigenvalue weighted by atomic mass is 16.6. The molecule has 10 heteroatoms. The van der Waals surface area contributed by atoms with E-state index in [1.165, 1.54) is 4.68 Å². The van der Waals surface area contributed by atoms with Crippen molar-refractivity contribution in [2.45, 2.75) is 0 Å². The van der Waals surface area contributed by atoms with Gasteiger partial charge in [0.25, 0.3) is 5.91 Å². The fraction of sp³-hybridized carbons (Fsp3) is 0. The first kappa shape index (κ1) is 19.1. The molecule has 5 rings (SSSR count). The molecule has 0 aliphatic carbocycles. The Bertz CT molecular complexity index is 1430. The standard InChI is InChI=1S/C22H16N8O2/c23-20-21(28-32-27-20)30-19(15-8-2-1-3-9-15)18(25-29-30)22(31)26-24-13-16-11-6-10-14-7-4-5-12-17(14)16/h1-13H,(H2,23,27)(H,26,31)/b24-13+. The fourth-order valence-corrected chi connectivity index (χ4v) is 3.35. The van der Waals surface area contributed by atoms with E-state index >= 15 is 0 Å². The molecule has 0 spiro atoms. The number of nitrogens with zero attached hydrogens (tertiary/aromatic N) is 6. The van der Waals surface area contributed by atoms with Crippen molar-refractivity contribution in [1.82, 2.24) is 30.7 Å².